The molecular formula is C15H21NOS. The maximum atomic E-state index is 11.9. The van der Waals surface area contributed by atoms with Gasteiger partial charge in [-0.15, -0.1) is 12.6 Å². The third-order valence-electron chi connectivity index (χ3n) is 3.68. The molecule has 0 heterocycles. The van der Waals surface area contributed by atoms with E-state index in [1.807, 2.05) is 24.3 Å². The fraction of sp³-hybridized carbons (Fsp3) is 0.533. The van der Waals surface area contributed by atoms with Crippen molar-refractivity contribution in [2.75, 3.05) is 0 Å². The van der Waals surface area contributed by atoms with Gasteiger partial charge in [0.05, 0.1) is 6.42 Å². The summed E-state index contributed by atoms with van der Waals surface area (Å²) in [5, 5.41) is 3.14. The quantitative estimate of drug-likeness (QED) is 0.806. The van der Waals surface area contributed by atoms with E-state index in [4.69, 9.17) is 0 Å². The van der Waals surface area contributed by atoms with Crippen LogP contribution >= 0.6 is 12.6 Å². The number of carbonyl (C=O) groups is 1. The lowest BCUT2D eigenvalue weighted by Gasteiger charge is -2.26. The van der Waals surface area contributed by atoms with Crippen molar-refractivity contribution in [2.24, 2.45) is 5.92 Å². The highest BCUT2D eigenvalue weighted by Gasteiger charge is 2.19. The molecular weight excluding hydrogens is 242 g/mol. The summed E-state index contributed by atoms with van der Waals surface area (Å²) >= 11 is 4.24. The molecule has 2 nitrogen and oxygen atoms in total. The number of nitrogens with one attached hydrogen (secondary N) is 1. The molecule has 0 aliphatic heterocycles. The van der Waals surface area contributed by atoms with E-state index in [9.17, 15) is 4.79 Å². The number of amides is 1. The van der Waals surface area contributed by atoms with E-state index in [0.29, 0.717) is 12.5 Å². The SMILES string of the molecule is CC1CCC(NC(=O)Cc2ccc(S)cc2)CC1. The third-order valence-corrected chi connectivity index (χ3v) is 3.98. The Morgan fingerprint density at radius 3 is 2.44 bits per heavy atom. The van der Waals surface area contributed by atoms with E-state index in [1.54, 1.807) is 0 Å². The van der Waals surface area contributed by atoms with Crippen molar-refractivity contribution >= 4 is 18.5 Å². The van der Waals surface area contributed by atoms with E-state index in [0.717, 1.165) is 29.2 Å². The number of benzene rings is 1. The first kappa shape index (κ1) is 13.5. The van der Waals surface area contributed by atoms with Crippen LogP contribution in [-0.2, 0) is 11.2 Å². The molecule has 1 aliphatic carbocycles. The molecule has 0 radical (unpaired) electrons. The van der Waals surface area contributed by atoms with Gasteiger partial charge in [-0.2, -0.15) is 0 Å². The van der Waals surface area contributed by atoms with E-state index in [1.165, 1.54) is 12.8 Å². The molecule has 1 aromatic rings. The average Bonchev–Trinajstić information content (AvgIpc) is 2.35. The number of hydrogen-bond donors (Lipinski definition) is 2. The highest BCUT2D eigenvalue weighted by molar-refractivity contribution is 7.80. The Balaban J connectivity index is 1.80. The van der Waals surface area contributed by atoms with Crippen molar-refractivity contribution < 1.29 is 4.79 Å². The molecule has 0 atom stereocenters. The smallest absolute Gasteiger partial charge is 0.224 e. The van der Waals surface area contributed by atoms with Crippen molar-refractivity contribution in [2.45, 2.75) is 50.0 Å². The van der Waals surface area contributed by atoms with Gasteiger partial charge in [0.25, 0.3) is 0 Å². The predicted molar refractivity (Wildman–Crippen MR) is 77.0 cm³/mol. The molecule has 0 bridgehead atoms. The van der Waals surface area contributed by atoms with E-state index in [2.05, 4.69) is 24.9 Å². The molecule has 0 unspecified atom stereocenters. The molecule has 0 spiro atoms. The second-order valence-corrected chi connectivity index (χ2v) is 5.88. The molecule has 2 rings (SSSR count). The largest absolute Gasteiger partial charge is 0.353 e. The standard InChI is InChI=1S/C15H21NOS/c1-11-2-6-13(7-3-11)16-15(17)10-12-4-8-14(18)9-5-12/h4-5,8-9,11,13,18H,2-3,6-7,10H2,1H3,(H,16,17). The van der Waals surface area contributed by atoms with Gasteiger partial charge in [-0.25, -0.2) is 0 Å². The van der Waals surface area contributed by atoms with Crippen LogP contribution in [0.15, 0.2) is 29.2 Å². The summed E-state index contributed by atoms with van der Waals surface area (Å²) in [5.74, 6) is 0.961. The second-order valence-electron chi connectivity index (χ2n) is 5.37. The maximum Gasteiger partial charge on any atom is 0.224 e. The summed E-state index contributed by atoms with van der Waals surface area (Å²) in [6.07, 6.45) is 5.20. The predicted octanol–water partition coefficient (Wildman–Crippen LogP) is 3.21. The first-order chi connectivity index (χ1) is 8.63. The van der Waals surface area contributed by atoms with Gasteiger partial charge in [-0.3, -0.25) is 4.79 Å². The van der Waals surface area contributed by atoms with Crippen LogP contribution in [0.1, 0.15) is 38.2 Å². The minimum absolute atomic E-state index is 0.140. The Hall–Kier alpha value is -0.960. The minimum atomic E-state index is 0.140. The third kappa shape index (κ3) is 4.05. The van der Waals surface area contributed by atoms with Gasteiger partial charge in [0.15, 0.2) is 0 Å². The first-order valence-electron chi connectivity index (χ1n) is 6.71. The van der Waals surface area contributed by atoms with Crippen molar-refractivity contribution in [1.82, 2.24) is 5.32 Å². The zero-order valence-electron chi connectivity index (χ0n) is 10.9. The van der Waals surface area contributed by atoms with Gasteiger partial charge in [0, 0.05) is 10.9 Å². The van der Waals surface area contributed by atoms with E-state index < -0.39 is 0 Å². The highest BCUT2D eigenvalue weighted by Crippen LogP contribution is 2.23. The van der Waals surface area contributed by atoms with Crippen LogP contribution in [0.2, 0.25) is 0 Å². The Bertz CT molecular complexity index is 393. The topological polar surface area (TPSA) is 29.1 Å². The van der Waals surface area contributed by atoms with Crippen LogP contribution in [0.25, 0.3) is 0 Å². The lowest BCUT2D eigenvalue weighted by molar-refractivity contribution is -0.121. The lowest BCUT2D eigenvalue weighted by atomic mass is 9.87. The number of rotatable bonds is 3. The van der Waals surface area contributed by atoms with Gasteiger partial charge in [-0.05, 0) is 49.3 Å². The molecule has 1 fully saturated rings. The molecule has 1 amide bonds. The molecule has 1 N–H and O–H groups in total. The fourth-order valence-electron chi connectivity index (χ4n) is 2.48. The normalized spacial score (nSPS) is 23.7. The van der Waals surface area contributed by atoms with Gasteiger partial charge in [-0.1, -0.05) is 19.1 Å². The zero-order chi connectivity index (χ0) is 13.0. The van der Waals surface area contributed by atoms with E-state index >= 15 is 0 Å². The summed E-state index contributed by atoms with van der Waals surface area (Å²) in [6.45, 7) is 2.29. The molecule has 98 valence electrons. The Labute approximate surface area is 115 Å². The molecule has 0 aromatic heterocycles. The minimum Gasteiger partial charge on any atom is -0.353 e. The molecule has 1 saturated carbocycles. The summed E-state index contributed by atoms with van der Waals surface area (Å²) < 4.78 is 0. The van der Waals surface area contributed by atoms with Crippen molar-refractivity contribution in [1.29, 1.82) is 0 Å². The summed E-state index contributed by atoms with van der Waals surface area (Å²) in [4.78, 5) is 12.8. The van der Waals surface area contributed by atoms with Crippen LogP contribution in [0.5, 0.6) is 0 Å². The summed E-state index contributed by atoms with van der Waals surface area (Å²) in [7, 11) is 0. The highest BCUT2D eigenvalue weighted by atomic mass is 32.1. The maximum absolute atomic E-state index is 11.9. The van der Waals surface area contributed by atoms with Crippen LogP contribution in [0.4, 0.5) is 0 Å². The molecule has 0 saturated heterocycles. The van der Waals surface area contributed by atoms with Crippen LogP contribution in [0.3, 0.4) is 0 Å². The molecule has 3 heteroatoms. The van der Waals surface area contributed by atoms with E-state index in [-0.39, 0.29) is 5.91 Å². The first-order valence-corrected chi connectivity index (χ1v) is 7.15. The van der Waals surface area contributed by atoms with Crippen LogP contribution < -0.4 is 5.32 Å². The van der Waals surface area contributed by atoms with Crippen LogP contribution in [0, 0.1) is 5.92 Å². The Morgan fingerprint density at radius 1 is 1.22 bits per heavy atom. The average molecular weight is 263 g/mol. The Kier molecular flexibility index (Phi) is 4.70. The number of hydrogen-bond acceptors (Lipinski definition) is 2. The van der Waals surface area contributed by atoms with Gasteiger partial charge in [0.2, 0.25) is 5.91 Å². The molecule has 1 aromatic carbocycles. The van der Waals surface area contributed by atoms with Crippen molar-refractivity contribution in [3.8, 4) is 0 Å². The fourth-order valence-corrected chi connectivity index (χ4v) is 2.63. The van der Waals surface area contributed by atoms with Crippen molar-refractivity contribution in [3.63, 3.8) is 0 Å². The van der Waals surface area contributed by atoms with Gasteiger partial charge < -0.3 is 5.32 Å². The second kappa shape index (κ2) is 6.28. The number of thiol groups is 1. The lowest BCUT2D eigenvalue weighted by Crippen LogP contribution is -2.38. The Morgan fingerprint density at radius 2 is 1.83 bits per heavy atom. The van der Waals surface area contributed by atoms with Crippen LogP contribution in [-0.4, -0.2) is 11.9 Å². The number of carbonyl (C=O) groups excluding carboxylic acids is 1. The summed E-state index contributed by atoms with van der Waals surface area (Å²) in [5.41, 5.74) is 1.05. The van der Waals surface area contributed by atoms with Gasteiger partial charge >= 0.3 is 0 Å². The van der Waals surface area contributed by atoms with Gasteiger partial charge in [0.1, 0.15) is 0 Å². The monoisotopic (exact) mass is 263 g/mol. The van der Waals surface area contributed by atoms with Crippen molar-refractivity contribution in [3.05, 3.63) is 29.8 Å². The summed E-state index contributed by atoms with van der Waals surface area (Å²) in [6, 6.07) is 8.16. The molecule has 18 heavy (non-hydrogen) atoms. The molecule has 1 aliphatic rings. The zero-order valence-corrected chi connectivity index (χ0v) is 11.7.